The Kier molecular flexibility index (Phi) is 5.15. The van der Waals surface area contributed by atoms with Crippen LogP contribution in [0, 0.1) is 5.92 Å². The van der Waals surface area contributed by atoms with Gasteiger partial charge in [-0.25, -0.2) is 4.98 Å². The lowest BCUT2D eigenvalue weighted by Crippen LogP contribution is -2.44. The summed E-state index contributed by atoms with van der Waals surface area (Å²) in [5, 5.41) is 0. The van der Waals surface area contributed by atoms with Gasteiger partial charge in [0.05, 0.1) is 11.5 Å². The first kappa shape index (κ1) is 18.2. The van der Waals surface area contributed by atoms with Crippen LogP contribution < -0.4 is 9.80 Å². The van der Waals surface area contributed by atoms with Gasteiger partial charge in [0.1, 0.15) is 5.82 Å². The van der Waals surface area contributed by atoms with E-state index in [9.17, 15) is 18.0 Å². The average Bonchev–Trinajstić information content (AvgIpc) is 2.67. The van der Waals surface area contributed by atoms with E-state index >= 15 is 0 Å². The number of pyridine rings is 1. The highest BCUT2D eigenvalue weighted by molar-refractivity contribution is 5.95. The number of anilines is 2. The van der Waals surface area contributed by atoms with Crippen LogP contribution in [0.25, 0.3) is 0 Å². The zero-order valence-electron chi connectivity index (χ0n) is 14.4. The second-order valence-corrected chi connectivity index (χ2v) is 6.39. The highest BCUT2D eigenvalue weighted by Crippen LogP contribution is 2.36. The zero-order chi connectivity index (χ0) is 18.7. The monoisotopic (exact) mass is 363 g/mol. The fraction of sp³-hybridized carbons (Fsp3) is 0.368. The molecule has 1 aromatic heterocycles. The summed E-state index contributed by atoms with van der Waals surface area (Å²) in [6.45, 7) is 0.690. The van der Waals surface area contributed by atoms with Gasteiger partial charge in [0, 0.05) is 32.0 Å². The van der Waals surface area contributed by atoms with Gasteiger partial charge in [0.2, 0.25) is 5.91 Å². The lowest BCUT2D eigenvalue weighted by molar-refractivity contribution is -0.137. The van der Waals surface area contributed by atoms with E-state index in [0.29, 0.717) is 19.4 Å². The second kappa shape index (κ2) is 7.35. The first-order valence-corrected chi connectivity index (χ1v) is 8.47. The number of carbonyl (C=O) groups is 1. The van der Waals surface area contributed by atoms with Gasteiger partial charge in [-0.2, -0.15) is 13.2 Å². The molecule has 4 nitrogen and oxygen atoms in total. The largest absolute Gasteiger partial charge is 0.419 e. The molecule has 2 aromatic rings. The fourth-order valence-corrected chi connectivity index (χ4v) is 3.29. The maximum atomic E-state index is 13.3. The smallest absolute Gasteiger partial charge is 0.355 e. The van der Waals surface area contributed by atoms with Crippen molar-refractivity contribution < 1.29 is 18.0 Å². The van der Waals surface area contributed by atoms with Gasteiger partial charge in [0.25, 0.3) is 0 Å². The molecule has 2 heterocycles. The Morgan fingerprint density at radius 1 is 1.19 bits per heavy atom. The minimum absolute atomic E-state index is 0.0922. The molecule has 0 bridgehead atoms. The summed E-state index contributed by atoms with van der Waals surface area (Å²) in [7, 11) is 1.69. The molecule has 26 heavy (non-hydrogen) atoms. The summed E-state index contributed by atoms with van der Waals surface area (Å²) in [6.07, 6.45) is -1.82. The molecule has 1 fully saturated rings. The molecule has 3 rings (SSSR count). The molecule has 0 radical (unpaired) electrons. The number of hydrogen-bond acceptors (Lipinski definition) is 3. The van der Waals surface area contributed by atoms with E-state index in [1.807, 2.05) is 30.3 Å². The third-order valence-corrected chi connectivity index (χ3v) is 4.64. The summed E-state index contributed by atoms with van der Waals surface area (Å²) >= 11 is 0. The highest BCUT2D eigenvalue weighted by atomic mass is 19.4. The van der Waals surface area contributed by atoms with Crippen LogP contribution in [0.2, 0.25) is 0 Å². The number of piperidine rings is 1. The molecule has 0 N–H and O–H groups in total. The van der Waals surface area contributed by atoms with Crippen LogP contribution in [0.1, 0.15) is 18.4 Å². The molecule has 1 atom stereocenters. The standard InChI is InChI=1S/C19H20F3N3O/c1-24(15-8-3-2-4-9-15)18(26)14-7-6-12-25(13-14)17-16(19(20,21)22)10-5-11-23-17/h2-5,8-11,14H,6-7,12-13H2,1H3/t14-/m0/s1. The van der Waals surface area contributed by atoms with Crippen molar-refractivity contribution in [2.75, 3.05) is 29.9 Å². The normalized spacial score (nSPS) is 17.8. The van der Waals surface area contributed by atoms with Gasteiger partial charge >= 0.3 is 6.18 Å². The van der Waals surface area contributed by atoms with Crippen LogP contribution in [0.4, 0.5) is 24.7 Å². The average molecular weight is 363 g/mol. The van der Waals surface area contributed by atoms with Gasteiger partial charge in [-0.15, -0.1) is 0 Å². The van der Waals surface area contributed by atoms with Crippen LogP contribution in [-0.4, -0.2) is 31.0 Å². The number of amides is 1. The third kappa shape index (κ3) is 3.81. The lowest BCUT2D eigenvalue weighted by atomic mass is 9.96. The van der Waals surface area contributed by atoms with Crippen molar-refractivity contribution in [3.05, 3.63) is 54.2 Å². The number of halogens is 3. The van der Waals surface area contributed by atoms with E-state index < -0.39 is 11.7 Å². The Bertz CT molecular complexity index is 764. The quantitative estimate of drug-likeness (QED) is 0.828. The van der Waals surface area contributed by atoms with Gasteiger partial charge in [-0.05, 0) is 37.1 Å². The Morgan fingerprint density at radius 3 is 2.62 bits per heavy atom. The maximum absolute atomic E-state index is 13.3. The third-order valence-electron chi connectivity index (χ3n) is 4.64. The maximum Gasteiger partial charge on any atom is 0.419 e. The summed E-state index contributed by atoms with van der Waals surface area (Å²) in [5.74, 6) is -0.553. The Balaban J connectivity index is 1.79. The summed E-state index contributed by atoms with van der Waals surface area (Å²) in [6, 6.07) is 11.5. The van der Waals surface area contributed by atoms with Crippen molar-refractivity contribution in [2.45, 2.75) is 19.0 Å². The Morgan fingerprint density at radius 2 is 1.92 bits per heavy atom. The zero-order valence-corrected chi connectivity index (χ0v) is 14.4. The topological polar surface area (TPSA) is 36.4 Å². The molecule has 1 aliphatic rings. The summed E-state index contributed by atoms with van der Waals surface area (Å²) in [5.41, 5.74) is 0.00736. The molecule has 0 unspecified atom stereocenters. The van der Waals surface area contributed by atoms with Crippen LogP contribution in [0.3, 0.4) is 0 Å². The van der Waals surface area contributed by atoms with Gasteiger partial charge in [0.15, 0.2) is 0 Å². The van der Waals surface area contributed by atoms with E-state index in [-0.39, 0.29) is 24.2 Å². The SMILES string of the molecule is CN(C(=O)[C@H]1CCCN(c2ncccc2C(F)(F)F)C1)c1ccccc1. The van der Waals surface area contributed by atoms with E-state index in [4.69, 9.17) is 0 Å². The Hall–Kier alpha value is -2.57. The molecule has 1 amide bonds. The number of nitrogens with zero attached hydrogens (tertiary/aromatic N) is 3. The van der Waals surface area contributed by atoms with Crippen LogP contribution >= 0.6 is 0 Å². The van der Waals surface area contributed by atoms with Crippen molar-refractivity contribution in [3.63, 3.8) is 0 Å². The van der Waals surface area contributed by atoms with Crippen LogP contribution in [-0.2, 0) is 11.0 Å². The number of para-hydroxylation sites is 1. The van der Waals surface area contributed by atoms with Crippen LogP contribution in [0.5, 0.6) is 0 Å². The minimum Gasteiger partial charge on any atom is -0.355 e. The van der Waals surface area contributed by atoms with Crippen molar-refractivity contribution in [1.82, 2.24) is 4.98 Å². The van der Waals surface area contributed by atoms with Crippen molar-refractivity contribution in [2.24, 2.45) is 5.92 Å². The van der Waals surface area contributed by atoms with Crippen LogP contribution in [0.15, 0.2) is 48.7 Å². The fourth-order valence-electron chi connectivity index (χ4n) is 3.29. The lowest BCUT2D eigenvalue weighted by Gasteiger charge is -2.35. The van der Waals surface area contributed by atoms with E-state index in [2.05, 4.69) is 4.98 Å². The molecule has 1 saturated heterocycles. The molecule has 0 spiro atoms. The van der Waals surface area contributed by atoms with Crippen molar-refractivity contribution >= 4 is 17.4 Å². The molecule has 7 heteroatoms. The van der Waals surface area contributed by atoms with E-state index in [1.54, 1.807) is 16.8 Å². The Labute approximate surface area is 150 Å². The van der Waals surface area contributed by atoms with Gasteiger partial charge in [-0.1, -0.05) is 18.2 Å². The first-order chi connectivity index (χ1) is 12.4. The number of alkyl halides is 3. The number of hydrogen-bond donors (Lipinski definition) is 0. The van der Waals surface area contributed by atoms with Crippen molar-refractivity contribution in [3.8, 4) is 0 Å². The molecule has 1 aliphatic heterocycles. The highest BCUT2D eigenvalue weighted by Gasteiger charge is 2.37. The predicted molar refractivity (Wildman–Crippen MR) is 94.0 cm³/mol. The minimum atomic E-state index is -4.47. The number of benzene rings is 1. The molecular formula is C19H20F3N3O. The first-order valence-electron chi connectivity index (χ1n) is 8.47. The molecule has 0 aliphatic carbocycles. The predicted octanol–water partition coefficient (Wildman–Crippen LogP) is 3.98. The van der Waals surface area contributed by atoms with Gasteiger partial charge in [-0.3, -0.25) is 4.79 Å². The summed E-state index contributed by atoms with van der Waals surface area (Å²) in [4.78, 5) is 19.9. The van der Waals surface area contributed by atoms with Gasteiger partial charge < -0.3 is 9.80 Å². The second-order valence-electron chi connectivity index (χ2n) is 6.39. The molecule has 138 valence electrons. The van der Waals surface area contributed by atoms with Crippen molar-refractivity contribution in [1.29, 1.82) is 0 Å². The number of carbonyl (C=O) groups excluding carboxylic acids is 1. The molecular weight excluding hydrogens is 343 g/mol. The molecule has 1 aromatic carbocycles. The van der Waals surface area contributed by atoms with E-state index in [1.165, 1.54) is 12.3 Å². The molecule has 0 saturated carbocycles. The number of rotatable bonds is 3. The van der Waals surface area contributed by atoms with E-state index in [0.717, 1.165) is 11.8 Å². The number of aromatic nitrogens is 1. The summed E-state index contributed by atoms with van der Waals surface area (Å²) < 4.78 is 39.8.